The van der Waals surface area contributed by atoms with E-state index in [1.807, 2.05) is 0 Å². The van der Waals surface area contributed by atoms with Crippen LogP contribution in [0.5, 0.6) is 5.75 Å². The Labute approximate surface area is 99.0 Å². The highest BCUT2D eigenvalue weighted by Crippen LogP contribution is 2.20. The van der Waals surface area contributed by atoms with E-state index in [2.05, 4.69) is 51.2 Å². The summed E-state index contributed by atoms with van der Waals surface area (Å²) < 4.78 is 5.73. The lowest BCUT2D eigenvalue weighted by molar-refractivity contribution is 0.313. The molecule has 0 bridgehead atoms. The molecule has 0 saturated heterocycles. The van der Waals surface area contributed by atoms with Gasteiger partial charge in [0.2, 0.25) is 0 Å². The predicted octanol–water partition coefficient (Wildman–Crippen LogP) is 3.28. The molecule has 0 aliphatic carbocycles. The highest BCUT2D eigenvalue weighted by Gasteiger charge is 2.04. The molecule has 0 radical (unpaired) electrons. The molecule has 0 aliphatic rings. The normalized spacial score (nSPS) is 10.8. The SMILES string of the molecule is CCCOc1ccc(C)cc1CNC(C)C. The molecule has 0 heterocycles. The molecule has 2 heteroatoms. The lowest BCUT2D eigenvalue weighted by Crippen LogP contribution is -2.22. The maximum Gasteiger partial charge on any atom is 0.123 e. The number of aryl methyl sites for hydroxylation is 1. The third-order valence-corrected chi connectivity index (χ3v) is 2.38. The molecule has 2 nitrogen and oxygen atoms in total. The van der Waals surface area contributed by atoms with Crippen molar-refractivity contribution in [3.63, 3.8) is 0 Å². The van der Waals surface area contributed by atoms with Gasteiger partial charge in [-0.15, -0.1) is 0 Å². The Hall–Kier alpha value is -1.02. The van der Waals surface area contributed by atoms with Gasteiger partial charge in [-0.05, 0) is 19.4 Å². The van der Waals surface area contributed by atoms with Crippen molar-refractivity contribution in [3.8, 4) is 5.75 Å². The van der Waals surface area contributed by atoms with Gasteiger partial charge in [0.1, 0.15) is 5.75 Å². The van der Waals surface area contributed by atoms with Crippen LogP contribution in [0.2, 0.25) is 0 Å². The molecule has 0 amide bonds. The van der Waals surface area contributed by atoms with E-state index in [4.69, 9.17) is 4.74 Å². The van der Waals surface area contributed by atoms with Crippen LogP contribution in [0.4, 0.5) is 0 Å². The van der Waals surface area contributed by atoms with Crippen LogP contribution in [0.3, 0.4) is 0 Å². The van der Waals surface area contributed by atoms with Gasteiger partial charge < -0.3 is 10.1 Å². The minimum Gasteiger partial charge on any atom is -0.493 e. The molecular weight excluding hydrogens is 198 g/mol. The first kappa shape index (κ1) is 13.0. The van der Waals surface area contributed by atoms with E-state index >= 15 is 0 Å². The van der Waals surface area contributed by atoms with Crippen LogP contribution in [0, 0.1) is 6.92 Å². The maximum absolute atomic E-state index is 5.73. The van der Waals surface area contributed by atoms with Gasteiger partial charge in [-0.25, -0.2) is 0 Å². The van der Waals surface area contributed by atoms with Gasteiger partial charge in [-0.2, -0.15) is 0 Å². The van der Waals surface area contributed by atoms with Crippen LogP contribution in [0.25, 0.3) is 0 Å². The molecule has 0 spiro atoms. The van der Waals surface area contributed by atoms with Crippen LogP contribution in [0.15, 0.2) is 18.2 Å². The Bertz CT molecular complexity index is 321. The van der Waals surface area contributed by atoms with Gasteiger partial charge in [0, 0.05) is 18.2 Å². The van der Waals surface area contributed by atoms with Gasteiger partial charge in [-0.1, -0.05) is 38.5 Å². The molecule has 1 rings (SSSR count). The van der Waals surface area contributed by atoms with E-state index in [9.17, 15) is 0 Å². The summed E-state index contributed by atoms with van der Waals surface area (Å²) in [5.74, 6) is 1.01. The third kappa shape index (κ3) is 4.23. The smallest absolute Gasteiger partial charge is 0.123 e. The molecule has 0 atom stereocenters. The molecule has 90 valence electrons. The number of rotatable bonds is 6. The Kier molecular flexibility index (Phi) is 5.33. The summed E-state index contributed by atoms with van der Waals surface area (Å²) in [5.41, 5.74) is 2.53. The van der Waals surface area contributed by atoms with Crippen LogP contribution in [0.1, 0.15) is 38.3 Å². The molecular formula is C14H23NO. The second kappa shape index (κ2) is 6.54. The van der Waals surface area contributed by atoms with Crippen molar-refractivity contribution < 1.29 is 4.74 Å². The van der Waals surface area contributed by atoms with Gasteiger partial charge in [-0.3, -0.25) is 0 Å². The Morgan fingerprint density at radius 2 is 2.06 bits per heavy atom. The van der Waals surface area contributed by atoms with Crippen LogP contribution in [-0.4, -0.2) is 12.6 Å². The Balaban J connectivity index is 2.72. The first-order valence-electron chi connectivity index (χ1n) is 6.09. The van der Waals surface area contributed by atoms with Crippen molar-refractivity contribution in [1.82, 2.24) is 5.32 Å². The maximum atomic E-state index is 5.73. The van der Waals surface area contributed by atoms with Crippen molar-refractivity contribution in [2.75, 3.05) is 6.61 Å². The molecule has 0 aromatic heterocycles. The monoisotopic (exact) mass is 221 g/mol. The third-order valence-electron chi connectivity index (χ3n) is 2.38. The second-order valence-electron chi connectivity index (χ2n) is 4.50. The number of nitrogens with one attached hydrogen (secondary N) is 1. The molecule has 0 aliphatic heterocycles. The Morgan fingerprint density at radius 3 is 2.69 bits per heavy atom. The summed E-state index contributed by atoms with van der Waals surface area (Å²) in [5, 5.41) is 3.43. The molecule has 16 heavy (non-hydrogen) atoms. The summed E-state index contributed by atoms with van der Waals surface area (Å²) in [7, 11) is 0. The number of benzene rings is 1. The number of hydrogen-bond acceptors (Lipinski definition) is 2. The summed E-state index contributed by atoms with van der Waals surface area (Å²) >= 11 is 0. The van der Waals surface area contributed by atoms with Gasteiger partial charge in [0.05, 0.1) is 6.61 Å². The molecule has 0 saturated carbocycles. The lowest BCUT2D eigenvalue weighted by Gasteiger charge is -2.14. The summed E-state index contributed by atoms with van der Waals surface area (Å²) in [6.07, 6.45) is 1.05. The molecule has 0 unspecified atom stereocenters. The highest BCUT2D eigenvalue weighted by molar-refractivity contribution is 5.36. The van der Waals surface area contributed by atoms with E-state index in [1.54, 1.807) is 0 Å². The van der Waals surface area contributed by atoms with E-state index in [1.165, 1.54) is 11.1 Å². The molecule has 1 aromatic carbocycles. The highest BCUT2D eigenvalue weighted by atomic mass is 16.5. The average Bonchev–Trinajstić information content (AvgIpc) is 2.25. The van der Waals surface area contributed by atoms with E-state index in [-0.39, 0.29) is 0 Å². The van der Waals surface area contributed by atoms with Gasteiger partial charge in [0.15, 0.2) is 0 Å². The van der Waals surface area contributed by atoms with Crippen molar-refractivity contribution >= 4 is 0 Å². The predicted molar refractivity (Wildman–Crippen MR) is 68.9 cm³/mol. The lowest BCUT2D eigenvalue weighted by atomic mass is 10.1. The number of hydrogen-bond donors (Lipinski definition) is 1. The van der Waals surface area contributed by atoms with Crippen molar-refractivity contribution in [3.05, 3.63) is 29.3 Å². The molecule has 1 N–H and O–H groups in total. The fraction of sp³-hybridized carbons (Fsp3) is 0.571. The standard InChI is InChI=1S/C14H23NO/c1-5-8-16-14-7-6-12(4)9-13(14)10-15-11(2)3/h6-7,9,11,15H,5,8,10H2,1-4H3. The van der Waals surface area contributed by atoms with Crippen molar-refractivity contribution in [1.29, 1.82) is 0 Å². The molecule has 0 fully saturated rings. The zero-order valence-electron chi connectivity index (χ0n) is 10.8. The zero-order valence-corrected chi connectivity index (χ0v) is 10.8. The zero-order chi connectivity index (χ0) is 12.0. The fourth-order valence-corrected chi connectivity index (χ4v) is 1.51. The van der Waals surface area contributed by atoms with Crippen LogP contribution in [-0.2, 0) is 6.54 Å². The van der Waals surface area contributed by atoms with E-state index in [0.29, 0.717) is 6.04 Å². The first-order valence-corrected chi connectivity index (χ1v) is 6.09. The quantitative estimate of drug-likeness (QED) is 0.796. The topological polar surface area (TPSA) is 21.3 Å². The van der Waals surface area contributed by atoms with Crippen molar-refractivity contribution in [2.45, 2.75) is 46.7 Å². The second-order valence-corrected chi connectivity index (χ2v) is 4.50. The Morgan fingerprint density at radius 1 is 1.31 bits per heavy atom. The van der Waals surface area contributed by atoms with Crippen molar-refractivity contribution in [2.24, 2.45) is 0 Å². The summed E-state index contributed by atoms with van der Waals surface area (Å²) in [4.78, 5) is 0. The van der Waals surface area contributed by atoms with Crippen LogP contribution < -0.4 is 10.1 Å². The minimum atomic E-state index is 0.500. The first-order chi connectivity index (χ1) is 7.63. The van der Waals surface area contributed by atoms with Crippen LogP contribution >= 0.6 is 0 Å². The number of ether oxygens (including phenoxy) is 1. The van der Waals surface area contributed by atoms with E-state index < -0.39 is 0 Å². The minimum absolute atomic E-state index is 0.500. The van der Waals surface area contributed by atoms with Gasteiger partial charge in [0.25, 0.3) is 0 Å². The summed E-state index contributed by atoms with van der Waals surface area (Å²) in [6.45, 7) is 10.2. The summed E-state index contributed by atoms with van der Waals surface area (Å²) in [6, 6.07) is 6.87. The average molecular weight is 221 g/mol. The van der Waals surface area contributed by atoms with Gasteiger partial charge >= 0.3 is 0 Å². The van der Waals surface area contributed by atoms with E-state index in [0.717, 1.165) is 25.3 Å². The fourth-order valence-electron chi connectivity index (χ4n) is 1.51. The largest absolute Gasteiger partial charge is 0.493 e. The molecule has 1 aromatic rings.